The predicted molar refractivity (Wildman–Crippen MR) is 109 cm³/mol. The molecule has 2 aromatic heterocycles. The van der Waals surface area contributed by atoms with Crippen molar-refractivity contribution < 1.29 is 9.59 Å². The molecule has 0 unspecified atom stereocenters. The molecule has 0 saturated carbocycles. The van der Waals surface area contributed by atoms with E-state index in [0.29, 0.717) is 16.4 Å². The standard InChI is InChI=1S/C21H23N3O2S/c1-11-5-6-15-14(7-11)13(12(2)22-15)8-18(26)24-20-23-16-9-21(3,4)10-17(25)19(16)27-20/h5-7,22H,8-10H2,1-4H3,(H,23,24,26). The Hall–Kier alpha value is -2.47. The van der Waals surface area contributed by atoms with Gasteiger partial charge < -0.3 is 10.3 Å². The Balaban J connectivity index is 1.55. The van der Waals surface area contributed by atoms with E-state index in [2.05, 4.69) is 41.3 Å². The van der Waals surface area contributed by atoms with Crippen molar-refractivity contribution in [2.75, 3.05) is 5.32 Å². The van der Waals surface area contributed by atoms with Gasteiger partial charge in [0.25, 0.3) is 0 Å². The Morgan fingerprint density at radius 2 is 2.07 bits per heavy atom. The highest BCUT2D eigenvalue weighted by Crippen LogP contribution is 2.38. The number of nitrogens with zero attached hydrogens (tertiary/aromatic N) is 1. The minimum absolute atomic E-state index is 0.0710. The Morgan fingerprint density at radius 1 is 1.30 bits per heavy atom. The van der Waals surface area contributed by atoms with Gasteiger partial charge in [0.1, 0.15) is 0 Å². The summed E-state index contributed by atoms with van der Waals surface area (Å²) in [6.07, 6.45) is 1.57. The first kappa shape index (κ1) is 17.9. The van der Waals surface area contributed by atoms with E-state index < -0.39 is 0 Å². The predicted octanol–water partition coefficient (Wildman–Crippen LogP) is 4.58. The van der Waals surface area contributed by atoms with E-state index in [1.165, 1.54) is 11.3 Å². The van der Waals surface area contributed by atoms with E-state index in [4.69, 9.17) is 0 Å². The molecule has 0 saturated heterocycles. The number of aromatic amines is 1. The van der Waals surface area contributed by atoms with Crippen LogP contribution in [0.25, 0.3) is 10.9 Å². The van der Waals surface area contributed by atoms with E-state index in [-0.39, 0.29) is 23.5 Å². The van der Waals surface area contributed by atoms with E-state index in [9.17, 15) is 9.59 Å². The van der Waals surface area contributed by atoms with E-state index in [1.807, 2.05) is 19.9 Å². The number of rotatable bonds is 3. The summed E-state index contributed by atoms with van der Waals surface area (Å²) in [6.45, 7) is 8.19. The maximum Gasteiger partial charge on any atom is 0.230 e. The molecule has 0 fully saturated rings. The zero-order valence-corrected chi connectivity index (χ0v) is 16.8. The molecule has 1 aromatic carbocycles. The molecule has 1 amide bonds. The zero-order chi connectivity index (χ0) is 19.3. The SMILES string of the molecule is Cc1ccc2[nH]c(C)c(CC(=O)Nc3nc4c(s3)C(=O)CC(C)(C)C4)c2c1. The van der Waals surface area contributed by atoms with Gasteiger partial charge in [-0.1, -0.05) is 36.8 Å². The zero-order valence-electron chi connectivity index (χ0n) is 16.0. The van der Waals surface area contributed by atoms with Gasteiger partial charge in [-0.2, -0.15) is 0 Å². The molecule has 0 bridgehead atoms. The van der Waals surface area contributed by atoms with Crippen LogP contribution in [0.3, 0.4) is 0 Å². The molecule has 6 heteroatoms. The number of amides is 1. The first-order chi connectivity index (χ1) is 12.7. The monoisotopic (exact) mass is 381 g/mol. The van der Waals surface area contributed by atoms with Crippen LogP contribution in [0.1, 0.15) is 52.5 Å². The molecule has 0 spiro atoms. The normalized spacial score (nSPS) is 15.8. The van der Waals surface area contributed by atoms with Crippen molar-refractivity contribution in [2.45, 2.75) is 47.0 Å². The molecule has 2 heterocycles. The van der Waals surface area contributed by atoms with Gasteiger partial charge in [-0.05, 0) is 43.4 Å². The number of aromatic nitrogens is 2. The fourth-order valence-corrected chi connectivity index (χ4v) is 4.76. The maximum atomic E-state index is 12.6. The average Bonchev–Trinajstić information content (AvgIpc) is 3.08. The smallest absolute Gasteiger partial charge is 0.230 e. The maximum absolute atomic E-state index is 12.6. The van der Waals surface area contributed by atoms with Crippen LogP contribution in [-0.2, 0) is 17.6 Å². The summed E-state index contributed by atoms with van der Waals surface area (Å²) in [7, 11) is 0. The first-order valence-electron chi connectivity index (χ1n) is 9.12. The lowest BCUT2D eigenvalue weighted by Crippen LogP contribution is -2.26. The molecule has 0 aliphatic heterocycles. The quantitative estimate of drug-likeness (QED) is 0.697. The van der Waals surface area contributed by atoms with Gasteiger partial charge in [0.05, 0.1) is 17.0 Å². The molecule has 0 atom stereocenters. The number of ketones is 1. The van der Waals surface area contributed by atoms with Crippen LogP contribution in [0.5, 0.6) is 0 Å². The van der Waals surface area contributed by atoms with Crippen LogP contribution in [0.15, 0.2) is 18.2 Å². The fraction of sp³-hybridized carbons (Fsp3) is 0.381. The summed E-state index contributed by atoms with van der Waals surface area (Å²) in [6, 6.07) is 6.20. The molecule has 5 nitrogen and oxygen atoms in total. The minimum Gasteiger partial charge on any atom is -0.358 e. The molecule has 140 valence electrons. The highest BCUT2D eigenvalue weighted by Gasteiger charge is 2.34. The number of nitrogens with one attached hydrogen (secondary N) is 2. The van der Waals surface area contributed by atoms with Gasteiger partial charge in [-0.15, -0.1) is 0 Å². The summed E-state index contributed by atoms with van der Waals surface area (Å²) < 4.78 is 0. The van der Waals surface area contributed by atoms with Crippen molar-refractivity contribution in [1.29, 1.82) is 0 Å². The molecule has 1 aliphatic rings. The second-order valence-electron chi connectivity index (χ2n) is 8.24. The Bertz CT molecular complexity index is 1070. The number of anilines is 1. The third kappa shape index (κ3) is 3.41. The largest absolute Gasteiger partial charge is 0.358 e. The Morgan fingerprint density at radius 3 is 2.85 bits per heavy atom. The van der Waals surface area contributed by atoms with Crippen molar-refractivity contribution in [3.63, 3.8) is 0 Å². The van der Waals surface area contributed by atoms with Crippen LogP contribution in [0.4, 0.5) is 5.13 Å². The number of thiazole rings is 1. The first-order valence-corrected chi connectivity index (χ1v) is 9.94. The summed E-state index contributed by atoms with van der Waals surface area (Å²) in [4.78, 5) is 33.5. The van der Waals surface area contributed by atoms with Crippen molar-refractivity contribution >= 4 is 39.1 Å². The third-order valence-corrected chi connectivity index (χ3v) is 6.15. The van der Waals surface area contributed by atoms with Gasteiger partial charge in [-0.25, -0.2) is 4.98 Å². The lowest BCUT2D eigenvalue weighted by atomic mass is 9.78. The lowest BCUT2D eigenvalue weighted by molar-refractivity contribution is -0.115. The third-order valence-electron chi connectivity index (χ3n) is 5.09. The van der Waals surface area contributed by atoms with Gasteiger partial charge in [0.2, 0.25) is 5.91 Å². The average molecular weight is 382 g/mol. The van der Waals surface area contributed by atoms with Gasteiger partial charge >= 0.3 is 0 Å². The second-order valence-corrected chi connectivity index (χ2v) is 9.24. The Kier molecular flexibility index (Phi) is 4.18. The fourth-order valence-electron chi connectivity index (χ4n) is 3.82. The van der Waals surface area contributed by atoms with Gasteiger partial charge in [-0.3, -0.25) is 9.59 Å². The number of Topliss-reactive ketones (excluding diaryl/α,β-unsaturated/α-hetero) is 1. The van der Waals surface area contributed by atoms with Crippen LogP contribution in [0.2, 0.25) is 0 Å². The number of fused-ring (bicyclic) bond motifs is 2. The molecular weight excluding hydrogens is 358 g/mol. The van der Waals surface area contributed by atoms with Crippen LogP contribution >= 0.6 is 11.3 Å². The van der Waals surface area contributed by atoms with Gasteiger partial charge in [0.15, 0.2) is 10.9 Å². The molecule has 4 rings (SSSR count). The summed E-state index contributed by atoms with van der Waals surface area (Å²) in [5.41, 5.74) is 4.95. The Labute approximate surface area is 162 Å². The summed E-state index contributed by atoms with van der Waals surface area (Å²) >= 11 is 1.29. The number of hydrogen-bond donors (Lipinski definition) is 2. The molecule has 3 aromatic rings. The number of aryl methyl sites for hydroxylation is 2. The molecule has 1 aliphatic carbocycles. The lowest BCUT2D eigenvalue weighted by Gasteiger charge is -2.26. The van der Waals surface area contributed by atoms with Crippen molar-refractivity contribution in [2.24, 2.45) is 5.41 Å². The number of carbonyl (C=O) groups excluding carboxylic acids is 2. The number of carbonyl (C=O) groups is 2. The van der Waals surface area contributed by atoms with E-state index in [1.54, 1.807) is 0 Å². The number of hydrogen-bond acceptors (Lipinski definition) is 4. The van der Waals surface area contributed by atoms with Gasteiger partial charge in [0, 0.05) is 23.0 Å². The summed E-state index contributed by atoms with van der Waals surface area (Å²) in [5.74, 6) is 0.0144. The minimum atomic E-state index is -0.113. The van der Waals surface area contributed by atoms with E-state index >= 15 is 0 Å². The van der Waals surface area contributed by atoms with Crippen molar-refractivity contribution in [1.82, 2.24) is 9.97 Å². The second kappa shape index (κ2) is 6.30. The van der Waals surface area contributed by atoms with Crippen molar-refractivity contribution in [3.8, 4) is 0 Å². The molecular formula is C21H23N3O2S. The summed E-state index contributed by atoms with van der Waals surface area (Å²) in [5, 5.41) is 4.49. The molecule has 27 heavy (non-hydrogen) atoms. The number of H-pyrrole nitrogens is 1. The highest BCUT2D eigenvalue weighted by molar-refractivity contribution is 7.17. The van der Waals surface area contributed by atoms with E-state index in [0.717, 1.165) is 39.8 Å². The number of benzene rings is 1. The molecule has 2 N–H and O–H groups in total. The van der Waals surface area contributed by atoms with Crippen LogP contribution < -0.4 is 5.32 Å². The van der Waals surface area contributed by atoms with Crippen LogP contribution in [0, 0.1) is 19.3 Å². The highest BCUT2D eigenvalue weighted by atomic mass is 32.1. The van der Waals surface area contributed by atoms with Crippen LogP contribution in [-0.4, -0.2) is 21.7 Å². The topological polar surface area (TPSA) is 74.8 Å². The van der Waals surface area contributed by atoms with Crippen molar-refractivity contribution in [3.05, 3.63) is 45.6 Å². The molecule has 0 radical (unpaired) electrons.